The van der Waals surface area contributed by atoms with Gasteiger partial charge in [-0.2, -0.15) is 0 Å². The fourth-order valence-electron chi connectivity index (χ4n) is 2.85. The molecule has 0 heterocycles. The second-order valence-electron chi connectivity index (χ2n) is 6.47. The Kier molecular flexibility index (Phi) is 7.98. The number of sulfone groups is 1. The highest BCUT2D eigenvalue weighted by Gasteiger charge is 2.45. The molecule has 0 bridgehead atoms. The predicted octanol–water partition coefficient (Wildman–Crippen LogP) is 2.36. The molecule has 1 aliphatic rings. The Morgan fingerprint density at radius 3 is 2.33 bits per heavy atom. The molecular formula is C17H28IN3O2S. The number of benzene rings is 1. The smallest absolute Gasteiger partial charge is 0.191 e. The summed E-state index contributed by atoms with van der Waals surface area (Å²) < 4.78 is 23.0. The number of aliphatic imine (C=N–C) groups is 1. The van der Waals surface area contributed by atoms with E-state index in [1.54, 1.807) is 7.05 Å². The summed E-state index contributed by atoms with van der Waals surface area (Å²) in [4.78, 5) is 4.23. The van der Waals surface area contributed by atoms with Gasteiger partial charge in [0.25, 0.3) is 0 Å². The highest BCUT2D eigenvalue weighted by Crippen LogP contribution is 2.45. The standard InChI is InChI=1S/C17H27N3O2S.HI/c1-4-14-7-5-6-8-15(14)11-19-16(18-2)20-12-17(9-10-17)13-23(3,21)22;/h5-8H,4,9-13H2,1-3H3,(H2,18,19,20);1H. The van der Waals surface area contributed by atoms with E-state index in [9.17, 15) is 8.42 Å². The van der Waals surface area contributed by atoms with E-state index in [0.29, 0.717) is 13.1 Å². The molecule has 0 saturated heterocycles. The first-order valence-electron chi connectivity index (χ1n) is 8.06. The van der Waals surface area contributed by atoms with Crippen molar-refractivity contribution in [3.8, 4) is 0 Å². The molecule has 0 atom stereocenters. The number of rotatable bonds is 7. The highest BCUT2D eigenvalue weighted by molar-refractivity contribution is 14.0. The second-order valence-corrected chi connectivity index (χ2v) is 8.61. The Hall–Kier alpha value is -0.830. The lowest BCUT2D eigenvalue weighted by Gasteiger charge is -2.18. The van der Waals surface area contributed by atoms with Crippen LogP contribution in [0.5, 0.6) is 0 Å². The minimum Gasteiger partial charge on any atom is -0.356 e. The topological polar surface area (TPSA) is 70.6 Å². The first-order chi connectivity index (χ1) is 10.9. The van der Waals surface area contributed by atoms with Gasteiger partial charge in [-0.05, 0) is 30.4 Å². The van der Waals surface area contributed by atoms with Crippen LogP contribution in [0.4, 0.5) is 0 Å². The molecular weight excluding hydrogens is 437 g/mol. The summed E-state index contributed by atoms with van der Waals surface area (Å²) >= 11 is 0. The minimum absolute atomic E-state index is 0. The van der Waals surface area contributed by atoms with Gasteiger partial charge in [0, 0.05) is 31.8 Å². The van der Waals surface area contributed by atoms with Crippen molar-refractivity contribution in [3.63, 3.8) is 0 Å². The van der Waals surface area contributed by atoms with E-state index in [1.807, 2.05) is 6.07 Å². The van der Waals surface area contributed by atoms with Crippen LogP contribution in [0.2, 0.25) is 0 Å². The van der Waals surface area contributed by atoms with Crippen LogP contribution in [-0.2, 0) is 22.8 Å². The third-order valence-corrected chi connectivity index (χ3v) is 5.46. The van der Waals surface area contributed by atoms with Gasteiger partial charge in [-0.1, -0.05) is 31.2 Å². The fraction of sp³-hybridized carbons (Fsp3) is 0.588. The highest BCUT2D eigenvalue weighted by atomic mass is 127. The summed E-state index contributed by atoms with van der Waals surface area (Å²) in [6.45, 7) is 3.51. The van der Waals surface area contributed by atoms with E-state index < -0.39 is 9.84 Å². The zero-order valence-electron chi connectivity index (χ0n) is 14.6. The van der Waals surface area contributed by atoms with E-state index >= 15 is 0 Å². The van der Waals surface area contributed by atoms with Gasteiger partial charge >= 0.3 is 0 Å². The first kappa shape index (κ1) is 21.2. The molecule has 24 heavy (non-hydrogen) atoms. The maximum absolute atomic E-state index is 11.5. The SMILES string of the molecule is CCc1ccccc1CNC(=NC)NCC1(CS(C)(=O)=O)CC1.I. The number of nitrogens with one attached hydrogen (secondary N) is 2. The number of nitrogens with zero attached hydrogens (tertiary/aromatic N) is 1. The quantitative estimate of drug-likeness (QED) is 0.369. The molecule has 1 aromatic carbocycles. The molecule has 1 aromatic rings. The monoisotopic (exact) mass is 465 g/mol. The van der Waals surface area contributed by atoms with Crippen LogP contribution in [0, 0.1) is 5.41 Å². The molecule has 0 radical (unpaired) electrons. The summed E-state index contributed by atoms with van der Waals surface area (Å²) in [5, 5.41) is 6.59. The van der Waals surface area contributed by atoms with Crippen LogP contribution in [0.15, 0.2) is 29.3 Å². The maximum Gasteiger partial charge on any atom is 0.191 e. The molecule has 2 rings (SSSR count). The summed E-state index contributed by atoms with van der Waals surface area (Å²) in [6.07, 6.45) is 4.23. The summed E-state index contributed by atoms with van der Waals surface area (Å²) in [5.41, 5.74) is 2.48. The lowest BCUT2D eigenvalue weighted by molar-refractivity contribution is 0.529. The average Bonchev–Trinajstić information content (AvgIpc) is 3.25. The van der Waals surface area contributed by atoms with E-state index in [0.717, 1.165) is 25.2 Å². The summed E-state index contributed by atoms with van der Waals surface area (Å²) in [5.74, 6) is 0.971. The van der Waals surface area contributed by atoms with Crippen molar-refractivity contribution in [2.45, 2.75) is 32.7 Å². The van der Waals surface area contributed by atoms with E-state index in [2.05, 4.69) is 40.7 Å². The minimum atomic E-state index is -2.94. The van der Waals surface area contributed by atoms with Crippen LogP contribution < -0.4 is 10.6 Å². The molecule has 2 N–H and O–H groups in total. The molecule has 0 aromatic heterocycles. The maximum atomic E-state index is 11.5. The lowest BCUT2D eigenvalue weighted by Crippen LogP contribution is -2.41. The van der Waals surface area contributed by atoms with Gasteiger partial charge in [-0.3, -0.25) is 4.99 Å². The molecule has 0 aliphatic heterocycles. The molecule has 1 saturated carbocycles. The molecule has 0 unspecified atom stereocenters. The van der Waals surface area contributed by atoms with Gasteiger partial charge in [-0.15, -0.1) is 24.0 Å². The van der Waals surface area contributed by atoms with E-state index in [-0.39, 0.29) is 35.1 Å². The number of hydrogen-bond donors (Lipinski definition) is 2. The Bertz CT molecular complexity index is 670. The van der Waals surface area contributed by atoms with Crippen molar-refractivity contribution < 1.29 is 8.42 Å². The lowest BCUT2D eigenvalue weighted by atomic mass is 10.1. The number of hydrogen-bond acceptors (Lipinski definition) is 3. The number of halogens is 1. The molecule has 7 heteroatoms. The van der Waals surface area contributed by atoms with Crippen LogP contribution >= 0.6 is 24.0 Å². The van der Waals surface area contributed by atoms with Crippen molar-refractivity contribution in [1.82, 2.24) is 10.6 Å². The second kappa shape index (κ2) is 9.03. The number of guanidine groups is 1. The summed E-state index contributed by atoms with van der Waals surface area (Å²) in [7, 11) is -1.21. The van der Waals surface area contributed by atoms with Crippen LogP contribution in [0.25, 0.3) is 0 Å². The van der Waals surface area contributed by atoms with Gasteiger partial charge in [0.15, 0.2) is 5.96 Å². The van der Waals surface area contributed by atoms with E-state index in [1.165, 1.54) is 17.4 Å². The zero-order chi connectivity index (χ0) is 16.9. The van der Waals surface area contributed by atoms with Crippen LogP contribution in [0.1, 0.15) is 30.9 Å². The molecule has 1 aliphatic carbocycles. The molecule has 5 nitrogen and oxygen atoms in total. The van der Waals surface area contributed by atoms with Crippen molar-refractivity contribution in [2.75, 3.05) is 25.6 Å². The van der Waals surface area contributed by atoms with Gasteiger partial charge in [0.1, 0.15) is 9.84 Å². The zero-order valence-corrected chi connectivity index (χ0v) is 17.8. The summed E-state index contributed by atoms with van der Waals surface area (Å²) in [6, 6.07) is 8.35. The molecule has 1 fully saturated rings. The van der Waals surface area contributed by atoms with E-state index in [4.69, 9.17) is 0 Å². The van der Waals surface area contributed by atoms with Gasteiger partial charge < -0.3 is 10.6 Å². The predicted molar refractivity (Wildman–Crippen MR) is 111 cm³/mol. The third-order valence-electron chi connectivity index (χ3n) is 4.33. The van der Waals surface area contributed by atoms with Crippen molar-refractivity contribution >= 4 is 39.8 Å². The molecule has 0 amide bonds. The average molecular weight is 465 g/mol. The van der Waals surface area contributed by atoms with Gasteiger partial charge in [0.2, 0.25) is 0 Å². The van der Waals surface area contributed by atoms with Gasteiger partial charge in [-0.25, -0.2) is 8.42 Å². The third kappa shape index (κ3) is 6.58. The van der Waals surface area contributed by atoms with Gasteiger partial charge in [0.05, 0.1) is 5.75 Å². The Morgan fingerprint density at radius 1 is 1.21 bits per heavy atom. The van der Waals surface area contributed by atoms with Crippen molar-refractivity contribution in [3.05, 3.63) is 35.4 Å². The van der Waals surface area contributed by atoms with Crippen molar-refractivity contribution in [1.29, 1.82) is 0 Å². The Labute approximate surface area is 162 Å². The van der Waals surface area contributed by atoms with Crippen molar-refractivity contribution in [2.24, 2.45) is 10.4 Å². The van der Waals surface area contributed by atoms with Crippen LogP contribution in [-0.4, -0.2) is 40.0 Å². The largest absolute Gasteiger partial charge is 0.356 e. The normalized spacial score (nSPS) is 16.2. The fourth-order valence-corrected chi connectivity index (χ4v) is 4.35. The molecule has 0 spiro atoms. The van der Waals surface area contributed by atoms with Crippen LogP contribution in [0.3, 0.4) is 0 Å². The Balaban J connectivity index is 0.00000288. The molecule has 136 valence electrons. The number of aryl methyl sites for hydroxylation is 1. The Morgan fingerprint density at radius 2 is 1.83 bits per heavy atom. The first-order valence-corrected chi connectivity index (χ1v) is 10.1.